The molecule has 2 aromatic heterocycles. The van der Waals surface area contributed by atoms with Gasteiger partial charge in [-0.1, -0.05) is 13.0 Å². The van der Waals surface area contributed by atoms with Crippen LogP contribution in [0.5, 0.6) is 0 Å². The molecule has 0 radical (unpaired) electrons. The van der Waals surface area contributed by atoms with Crippen molar-refractivity contribution in [2.24, 2.45) is 0 Å². The number of nitrogens with zero attached hydrogens (tertiary/aromatic N) is 1. The van der Waals surface area contributed by atoms with E-state index in [1.54, 1.807) is 0 Å². The second-order valence-electron chi connectivity index (χ2n) is 4.07. The molecule has 0 aliphatic rings. The summed E-state index contributed by atoms with van der Waals surface area (Å²) in [5.74, 6) is 0. The average Bonchev–Trinajstić information content (AvgIpc) is 2.77. The Balaban J connectivity index is 2.41. The van der Waals surface area contributed by atoms with E-state index in [0.717, 1.165) is 12.1 Å². The van der Waals surface area contributed by atoms with Crippen molar-refractivity contribution in [2.75, 3.05) is 7.05 Å². The number of aromatic nitrogens is 1. The molecule has 1 N–H and O–H groups in total. The maximum atomic E-state index is 4.55. The summed E-state index contributed by atoms with van der Waals surface area (Å²) in [5.41, 5.74) is 2.47. The minimum atomic E-state index is 0.213. The zero-order valence-corrected chi connectivity index (χ0v) is 11.3. The number of pyridine rings is 1. The summed E-state index contributed by atoms with van der Waals surface area (Å²) in [5, 5.41) is 3.37. The van der Waals surface area contributed by atoms with Crippen LogP contribution in [0.15, 0.2) is 30.5 Å². The molecule has 3 heteroatoms. The summed E-state index contributed by atoms with van der Waals surface area (Å²) >= 11 is 1.83. The zero-order valence-electron chi connectivity index (χ0n) is 10.5. The van der Waals surface area contributed by atoms with Crippen LogP contribution in [0.1, 0.15) is 34.0 Å². The van der Waals surface area contributed by atoms with E-state index in [1.165, 1.54) is 15.3 Å². The van der Waals surface area contributed by atoms with Crippen molar-refractivity contribution in [3.8, 4) is 0 Å². The van der Waals surface area contributed by atoms with Crippen LogP contribution in [0.3, 0.4) is 0 Å². The lowest BCUT2D eigenvalue weighted by Gasteiger charge is -2.17. The standard InChI is InChI=1S/C14H18N2S/c1-4-11-6-5-9-16-13(11)14(15-3)12-8-7-10(2)17-12/h5-9,14-15H,4H2,1-3H3. The molecule has 1 unspecified atom stereocenters. The Hall–Kier alpha value is -1.19. The van der Waals surface area contributed by atoms with Crippen LogP contribution in [-0.4, -0.2) is 12.0 Å². The number of hydrogen-bond donors (Lipinski definition) is 1. The van der Waals surface area contributed by atoms with Crippen LogP contribution in [0.25, 0.3) is 0 Å². The lowest BCUT2D eigenvalue weighted by atomic mass is 10.0. The molecule has 0 fully saturated rings. The summed E-state index contributed by atoms with van der Waals surface area (Å²) < 4.78 is 0. The van der Waals surface area contributed by atoms with E-state index in [1.807, 2.05) is 30.6 Å². The molecule has 0 spiro atoms. The van der Waals surface area contributed by atoms with Gasteiger partial charge < -0.3 is 5.32 Å². The van der Waals surface area contributed by atoms with Gasteiger partial charge in [0.05, 0.1) is 11.7 Å². The fraction of sp³-hybridized carbons (Fsp3) is 0.357. The van der Waals surface area contributed by atoms with Crippen molar-refractivity contribution >= 4 is 11.3 Å². The van der Waals surface area contributed by atoms with Gasteiger partial charge in [0, 0.05) is 16.0 Å². The molecule has 0 amide bonds. The van der Waals surface area contributed by atoms with E-state index in [4.69, 9.17) is 0 Å². The van der Waals surface area contributed by atoms with Gasteiger partial charge in [-0.3, -0.25) is 4.98 Å². The minimum Gasteiger partial charge on any atom is -0.307 e. The van der Waals surface area contributed by atoms with Crippen LogP contribution in [0, 0.1) is 6.92 Å². The highest BCUT2D eigenvalue weighted by Gasteiger charge is 2.17. The van der Waals surface area contributed by atoms with Gasteiger partial charge in [-0.25, -0.2) is 0 Å². The number of aryl methyl sites for hydroxylation is 2. The number of rotatable bonds is 4. The summed E-state index contributed by atoms with van der Waals surface area (Å²) in [4.78, 5) is 7.22. The number of hydrogen-bond acceptors (Lipinski definition) is 3. The predicted octanol–water partition coefficient (Wildman–Crippen LogP) is 3.32. The quantitative estimate of drug-likeness (QED) is 0.895. The van der Waals surface area contributed by atoms with Crippen molar-refractivity contribution in [1.82, 2.24) is 10.3 Å². The first-order chi connectivity index (χ1) is 8.26. The molecule has 90 valence electrons. The molecule has 0 aromatic carbocycles. The van der Waals surface area contributed by atoms with Crippen molar-refractivity contribution < 1.29 is 0 Å². The van der Waals surface area contributed by atoms with Gasteiger partial charge in [-0.2, -0.15) is 0 Å². The van der Waals surface area contributed by atoms with Crippen molar-refractivity contribution in [3.63, 3.8) is 0 Å². The first kappa shape index (κ1) is 12.3. The third-order valence-electron chi connectivity index (χ3n) is 2.91. The van der Waals surface area contributed by atoms with Crippen molar-refractivity contribution in [2.45, 2.75) is 26.3 Å². The van der Waals surface area contributed by atoms with Gasteiger partial charge >= 0.3 is 0 Å². The van der Waals surface area contributed by atoms with Gasteiger partial charge in [0.25, 0.3) is 0 Å². The van der Waals surface area contributed by atoms with E-state index in [2.05, 4.69) is 42.3 Å². The topological polar surface area (TPSA) is 24.9 Å². The predicted molar refractivity (Wildman–Crippen MR) is 73.6 cm³/mol. The van der Waals surface area contributed by atoms with Crippen LogP contribution < -0.4 is 5.32 Å². The molecule has 1 atom stereocenters. The number of nitrogens with one attached hydrogen (secondary N) is 1. The molecule has 2 nitrogen and oxygen atoms in total. The highest BCUT2D eigenvalue weighted by atomic mass is 32.1. The highest BCUT2D eigenvalue weighted by molar-refractivity contribution is 7.12. The van der Waals surface area contributed by atoms with Crippen LogP contribution in [0.4, 0.5) is 0 Å². The van der Waals surface area contributed by atoms with E-state index >= 15 is 0 Å². The van der Waals surface area contributed by atoms with Crippen molar-refractivity contribution in [1.29, 1.82) is 0 Å². The summed E-state index contributed by atoms with van der Waals surface area (Å²) in [6.45, 7) is 4.31. The molecule has 2 aromatic rings. The zero-order chi connectivity index (χ0) is 12.3. The fourth-order valence-corrected chi connectivity index (χ4v) is 3.02. The Bertz CT molecular complexity index is 490. The summed E-state index contributed by atoms with van der Waals surface area (Å²) in [6, 6.07) is 8.74. The van der Waals surface area contributed by atoms with E-state index in [0.29, 0.717) is 0 Å². The molecule has 0 aliphatic heterocycles. The normalized spacial score (nSPS) is 12.6. The Kier molecular flexibility index (Phi) is 3.92. The molecular formula is C14H18N2S. The summed E-state index contributed by atoms with van der Waals surface area (Å²) in [6.07, 6.45) is 2.89. The Morgan fingerprint density at radius 2 is 2.18 bits per heavy atom. The monoisotopic (exact) mass is 246 g/mol. The SMILES string of the molecule is CCc1cccnc1C(NC)c1ccc(C)s1. The first-order valence-corrected chi connectivity index (χ1v) is 6.75. The highest BCUT2D eigenvalue weighted by Crippen LogP contribution is 2.28. The molecule has 2 rings (SSSR count). The van der Waals surface area contributed by atoms with Crippen LogP contribution in [-0.2, 0) is 6.42 Å². The molecule has 2 heterocycles. The Morgan fingerprint density at radius 3 is 2.76 bits per heavy atom. The van der Waals surface area contributed by atoms with Gasteiger partial charge in [0.1, 0.15) is 0 Å². The van der Waals surface area contributed by atoms with Gasteiger partial charge in [-0.05, 0) is 44.2 Å². The van der Waals surface area contributed by atoms with Crippen molar-refractivity contribution in [3.05, 3.63) is 51.5 Å². The molecule has 0 saturated carbocycles. The third kappa shape index (κ3) is 2.56. The molecule has 17 heavy (non-hydrogen) atoms. The third-order valence-corrected chi connectivity index (χ3v) is 3.98. The van der Waals surface area contributed by atoms with Gasteiger partial charge in [0.2, 0.25) is 0 Å². The van der Waals surface area contributed by atoms with E-state index in [-0.39, 0.29) is 6.04 Å². The lowest BCUT2D eigenvalue weighted by Crippen LogP contribution is -2.19. The maximum absolute atomic E-state index is 4.55. The first-order valence-electron chi connectivity index (χ1n) is 5.93. The Morgan fingerprint density at radius 1 is 1.35 bits per heavy atom. The van der Waals surface area contributed by atoms with E-state index in [9.17, 15) is 0 Å². The smallest absolute Gasteiger partial charge is 0.0845 e. The average molecular weight is 246 g/mol. The lowest BCUT2D eigenvalue weighted by molar-refractivity contribution is 0.673. The Labute approximate surface area is 107 Å². The van der Waals surface area contributed by atoms with E-state index < -0.39 is 0 Å². The number of thiophene rings is 1. The van der Waals surface area contributed by atoms with Crippen LogP contribution in [0.2, 0.25) is 0 Å². The minimum absolute atomic E-state index is 0.213. The van der Waals surface area contributed by atoms with Gasteiger partial charge in [0.15, 0.2) is 0 Å². The molecule has 0 saturated heterocycles. The second-order valence-corrected chi connectivity index (χ2v) is 5.39. The molecule has 0 bridgehead atoms. The van der Waals surface area contributed by atoms with Gasteiger partial charge in [-0.15, -0.1) is 11.3 Å². The summed E-state index contributed by atoms with van der Waals surface area (Å²) in [7, 11) is 1.99. The van der Waals surface area contributed by atoms with Crippen LogP contribution >= 0.6 is 11.3 Å². The maximum Gasteiger partial charge on any atom is 0.0845 e. The molecule has 0 aliphatic carbocycles. The largest absolute Gasteiger partial charge is 0.307 e. The molecular weight excluding hydrogens is 228 g/mol. The fourth-order valence-electron chi connectivity index (χ4n) is 2.03. The second kappa shape index (κ2) is 5.43.